The minimum Gasteiger partial charge on any atom is -0.397 e. The van der Waals surface area contributed by atoms with Gasteiger partial charge in [-0.05, 0) is 13.0 Å². The van der Waals surface area contributed by atoms with E-state index in [1.807, 2.05) is 44.6 Å². The van der Waals surface area contributed by atoms with Crippen molar-refractivity contribution in [1.29, 1.82) is 0 Å². The minimum atomic E-state index is 0.838. The average molecular weight is 140 g/mol. The van der Waals surface area contributed by atoms with Crippen LogP contribution in [0.4, 0.5) is 5.69 Å². The number of nitrogen functional groups attached to an aromatic ring is 1. The number of rotatable bonds is 0. The molecular weight excluding hydrogens is 124 g/mol. The Morgan fingerprint density at radius 1 is 1.40 bits per heavy atom. The molecule has 0 aliphatic heterocycles. The third kappa shape index (κ3) is 2.13. The van der Waals surface area contributed by atoms with Crippen LogP contribution in [0.25, 0.3) is 0 Å². The van der Waals surface area contributed by atoms with E-state index in [-0.39, 0.29) is 0 Å². The third-order valence-corrected chi connectivity index (χ3v) is 1.27. The van der Waals surface area contributed by atoms with E-state index in [4.69, 9.17) is 5.73 Å². The zero-order chi connectivity index (χ0) is 8.15. The second-order valence-electron chi connectivity index (χ2n) is 2.03. The molecule has 0 bridgehead atoms. The van der Waals surface area contributed by atoms with Crippen molar-refractivity contribution in [3.8, 4) is 0 Å². The van der Waals surface area contributed by atoms with Crippen LogP contribution in [-0.2, 0) is 7.05 Å². The van der Waals surface area contributed by atoms with Crippen LogP contribution >= 0.6 is 0 Å². The maximum Gasteiger partial charge on any atom is 0.0496 e. The van der Waals surface area contributed by atoms with Gasteiger partial charge in [0.1, 0.15) is 0 Å². The average Bonchev–Trinajstić information content (AvgIpc) is 2.16. The molecule has 10 heavy (non-hydrogen) atoms. The van der Waals surface area contributed by atoms with Crippen molar-refractivity contribution in [2.45, 2.75) is 20.8 Å². The summed E-state index contributed by atoms with van der Waals surface area (Å²) in [5, 5.41) is 0. The highest BCUT2D eigenvalue weighted by molar-refractivity contribution is 5.37. The number of hydrogen-bond acceptors (Lipinski definition) is 1. The van der Waals surface area contributed by atoms with Gasteiger partial charge in [-0.3, -0.25) is 0 Å². The first-order valence-corrected chi connectivity index (χ1v) is 3.58. The minimum absolute atomic E-state index is 0.838. The molecule has 0 saturated carbocycles. The van der Waals surface area contributed by atoms with Gasteiger partial charge < -0.3 is 10.3 Å². The van der Waals surface area contributed by atoms with Crippen LogP contribution in [0.1, 0.15) is 19.5 Å². The molecule has 2 nitrogen and oxygen atoms in total. The third-order valence-electron chi connectivity index (χ3n) is 1.27. The molecule has 0 spiro atoms. The lowest BCUT2D eigenvalue weighted by molar-refractivity contribution is 0.883. The predicted octanol–water partition coefficient (Wildman–Crippen LogP) is 1.94. The summed E-state index contributed by atoms with van der Waals surface area (Å²) < 4.78 is 2.00. The van der Waals surface area contributed by atoms with E-state index >= 15 is 0 Å². The Hall–Kier alpha value is -0.920. The molecule has 1 aromatic heterocycles. The SMILES string of the molecule is CC.Cc1cc(N)cn1C. The number of aromatic nitrogens is 1. The summed E-state index contributed by atoms with van der Waals surface area (Å²) in [7, 11) is 1.98. The highest BCUT2D eigenvalue weighted by atomic mass is 14.9. The molecule has 0 saturated heterocycles. The van der Waals surface area contributed by atoms with Crippen molar-refractivity contribution in [3.63, 3.8) is 0 Å². The summed E-state index contributed by atoms with van der Waals surface area (Å²) in [4.78, 5) is 0. The van der Waals surface area contributed by atoms with E-state index in [0.29, 0.717) is 0 Å². The van der Waals surface area contributed by atoms with Crippen LogP contribution in [0, 0.1) is 6.92 Å². The maximum atomic E-state index is 5.46. The van der Waals surface area contributed by atoms with Crippen molar-refractivity contribution < 1.29 is 0 Å². The molecule has 1 rings (SSSR count). The lowest BCUT2D eigenvalue weighted by Crippen LogP contribution is -1.85. The second-order valence-corrected chi connectivity index (χ2v) is 2.03. The van der Waals surface area contributed by atoms with E-state index in [9.17, 15) is 0 Å². The Morgan fingerprint density at radius 2 is 1.90 bits per heavy atom. The molecule has 0 radical (unpaired) electrons. The van der Waals surface area contributed by atoms with Gasteiger partial charge in [0, 0.05) is 24.6 Å². The summed E-state index contributed by atoms with van der Waals surface area (Å²) >= 11 is 0. The van der Waals surface area contributed by atoms with Crippen LogP contribution in [0.15, 0.2) is 12.3 Å². The molecule has 2 heteroatoms. The molecule has 0 amide bonds. The lowest BCUT2D eigenvalue weighted by atomic mass is 10.4. The molecule has 1 aromatic rings. The Balaban J connectivity index is 0.000000371. The first kappa shape index (κ1) is 9.08. The van der Waals surface area contributed by atoms with Gasteiger partial charge in [0.05, 0.1) is 0 Å². The van der Waals surface area contributed by atoms with Gasteiger partial charge in [0.25, 0.3) is 0 Å². The van der Waals surface area contributed by atoms with Gasteiger partial charge in [0.15, 0.2) is 0 Å². The highest BCUT2D eigenvalue weighted by Crippen LogP contribution is 2.05. The first-order chi connectivity index (χ1) is 4.70. The monoisotopic (exact) mass is 140 g/mol. The van der Waals surface area contributed by atoms with E-state index in [1.54, 1.807) is 0 Å². The van der Waals surface area contributed by atoms with Gasteiger partial charge in [-0.15, -0.1) is 0 Å². The quantitative estimate of drug-likeness (QED) is 0.586. The van der Waals surface area contributed by atoms with Crippen LogP contribution in [0.5, 0.6) is 0 Å². The van der Waals surface area contributed by atoms with Crippen molar-refractivity contribution in [1.82, 2.24) is 4.57 Å². The Labute approximate surface area is 62.7 Å². The molecule has 0 fully saturated rings. The summed E-state index contributed by atoms with van der Waals surface area (Å²) in [6, 6.07) is 1.94. The summed E-state index contributed by atoms with van der Waals surface area (Å²) in [5.74, 6) is 0. The standard InChI is InChI=1S/C6H10N2.C2H6/c1-5-3-6(7)4-8(5)2;1-2/h3-4H,7H2,1-2H3;1-2H3. The molecule has 0 aromatic carbocycles. The molecule has 2 N–H and O–H groups in total. The van der Waals surface area contributed by atoms with Gasteiger partial charge in [0.2, 0.25) is 0 Å². The zero-order valence-electron chi connectivity index (χ0n) is 7.18. The molecule has 0 aliphatic rings. The topological polar surface area (TPSA) is 30.9 Å². The smallest absolute Gasteiger partial charge is 0.0496 e. The number of anilines is 1. The number of aryl methyl sites for hydroxylation is 2. The van der Waals surface area contributed by atoms with E-state index in [1.165, 1.54) is 5.69 Å². The molecule has 0 aliphatic carbocycles. The van der Waals surface area contributed by atoms with Crippen molar-refractivity contribution in [2.75, 3.05) is 5.73 Å². The fourth-order valence-electron chi connectivity index (χ4n) is 0.706. The zero-order valence-corrected chi connectivity index (χ0v) is 7.18. The van der Waals surface area contributed by atoms with Gasteiger partial charge in [-0.2, -0.15) is 0 Å². The highest BCUT2D eigenvalue weighted by Gasteiger charge is 1.90. The second kappa shape index (κ2) is 3.99. The summed E-state index contributed by atoms with van der Waals surface area (Å²) in [6.07, 6.45) is 1.90. The number of hydrogen-bond donors (Lipinski definition) is 1. The van der Waals surface area contributed by atoms with Crippen LogP contribution in [0.2, 0.25) is 0 Å². The molecule has 0 atom stereocenters. The number of nitrogens with zero attached hydrogens (tertiary/aromatic N) is 1. The molecule has 1 heterocycles. The van der Waals surface area contributed by atoms with E-state index in [0.717, 1.165) is 5.69 Å². The van der Waals surface area contributed by atoms with Gasteiger partial charge >= 0.3 is 0 Å². The van der Waals surface area contributed by atoms with Crippen LogP contribution in [-0.4, -0.2) is 4.57 Å². The van der Waals surface area contributed by atoms with E-state index in [2.05, 4.69) is 0 Å². The maximum absolute atomic E-state index is 5.46. The Bertz CT molecular complexity index is 170. The van der Waals surface area contributed by atoms with Crippen molar-refractivity contribution in [2.24, 2.45) is 7.05 Å². The van der Waals surface area contributed by atoms with Gasteiger partial charge in [-0.1, -0.05) is 13.8 Å². The fourth-order valence-corrected chi connectivity index (χ4v) is 0.706. The fraction of sp³-hybridized carbons (Fsp3) is 0.500. The summed E-state index contributed by atoms with van der Waals surface area (Å²) in [6.45, 7) is 6.02. The van der Waals surface area contributed by atoms with E-state index < -0.39 is 0 Å². The lowest BCUT2D eigenvalue weighted by Gasteiger charge is -1.89. The summed E-state index contributed by atoms with van der Waals surface area (Å²) in [5.41, 5.74) is 7.49. The Kier molecular flexibility index (Phi) is 3.62. The first-order valence-electron chi connectivity index (χ1n) is 3.58. The van der Waals surface area contributed by atoms with Gasteiger partial charge in [-0.25, -0.2) is 0 Å². The van der Waals surface area contributed by atoms with Crippen LogP contribution in [0.3, 0.4) is 0 Å². The molecular formula is C8H16N2. The molecule has 0 unspecified atom stereocenters. The molecule has 58 valence electrons. The number of nitrogens with two attached hydrogens (primary N) is 1. The predicted molar refractivity (Wildman–Crippen MR) is 45.9 cm³/mol. The van der Waals surface area contributed by atoms with Crippen molar-refractivity contribution in [3.05, 3.63) is 18.0 Å². The van der Waals surface area contributed by atoms with Crippen molar-refractivity contribution >= 4 is 5.69 Å². The largest absolute Gasteiger partial charge is 0.397 e. The Morgan fingerprint density at radius 3 is 2.00 bits per heavy atom. The van der Waals surface area contributed by atoms with Crippen LogP contribution < -0.4 is 5.73 Å². The normalized spacial score (nSPS) is 8.40.